The molecule has 0 spiro atoms. The average Bonchev–Trinajstić information content (AvgIpc) is 2.27. The second-order valence-electron chi connectivity index (χ2n) is 4.25. The average molecular weight is 214 g/mol. The van der Waals surface area contributed by atoms with E-state index in [1.165, 1.54) is 7.11 Å². The van der Waals surface area contributed by atoms with Gasteiger partial charge in [0, 0.05) is 0 Å². The molecule has 2 atom stereocenters. The van der Waals surface area contributed by atoms with E-state index in [-0.39, 0.29) is 0 Å². The molecule has 1 aliphatic carbocycles. The number of aliphatic carboxylic acids is 1. The van der Waals surface area contributed by atoms with E-state index in [1.807, 2.05) is 6.92 Å². The third kappa shape index (κ3) is 2.13. The Hall–Kier alpha value is -1.06. The van der Waals surface area contributed by atoms with Gasteiger partial charge < -0.3 is 9.84 Å². The first kappa shape index (κ1) is 12.0. The predicted molar refractivity (Wildman–Crippen MR) is 54.3 cm³/mol. The number of esters is 1. The van der Waals surface area contributed by atoms with Crippen LogP contribution in [0.3, 0.4) is 0 Å². The maximum Gasteiger partial charge on any atom is 0.323 e. The van der Waals surface area contributed by atoms with E-state index in [1.54, 1.807) is 0 Å². The molecule has 0 aromatic carbocycles. The Morgan fingerprint density at radius 1 is 1.53 bits per heavy atom. The summed E-state index contributed by atoms with van der Waals surface area (Å²) in [5.41, 5.74) is -1.28. The number of methoxy groups -OCH3 is 1. The Kier molecular flexibility index (Phi) is 3.72. The zero-order valence-electron chi connectivity index (χ0n) is 9.28. The van der Waals surface area contributed by atoms with Crippen molar-refractivity contribution in [3.05, 3.63) is 0 Å². The molecule has 1 N–H and O–H groups in total. The zero-order chi connectivity index (χ0) is 11.5. The van der Waals surface area contributed by atoms with Crippen LogP contribution in [0.1, 0.15) is 39.0 Å². The number of carboxylic acids is 1. The van der Waals surface area contributed by atoms with E-state index in [4.69, 9.17) is 0 Å². The van der Waals surface area contributed by atoms with Gasteiger partial charge in [0.2, 0.25) is 0 Å². The second kappa shape index (κ2) is 4.64. The first-order chi connectivity index (χ1) is 7.06. The maximum atomic E-state index is 11.6. The van der Waals surface area contributed by atoms with Gasteiger partial charge in [-0.15, -0.1) is 0 Å². The van der Waals surface area contributed by atoms with Gasteiger partial charge in [-0.3, -0.25) is 9.59 Å². The van der Waals surface area contributed by atoms with Crippen LogP contribution in [0.5, 0.6) is 0 Å². The molecule has 0 aromatic rings. The molecule has 4 heteroatoms. The molecule has 1 fully saturated rings. The minimum Gasteiger partial charge on any atom is -0.480 e. The summed E-state index contributed by atoms with van der Waals surface area (Å²) in [6.45, 7) is 2.03. The number of hydrogen-bond acceptors (Lipinski definition) is 3. The molecule has 15 heavy (non-hydrogen) atoms. The SMILES string of the molecule is CCC1CCCC(C(=O)O)(C(=O)OC)C1. The monoisotopic (exact) mass is 214 g/mol. The molecule has 4 nitrogen and oxygen atoms in total. The van der Waals surface area contributed by atoms with E-state index in [0.717, 1.165) is 19.3 Å². The van der Waals surface area contributed by atoms with Crippen molar-refractivity contribution in [3.8, 4) is 0 Å². The molecule has 0 radical (unpaired) electrons. The maximum absolute atomic E-state index is 11.6. The number of rotatable bonds is 3. The summed E-state index contributed by atoms with van der Waals surface area (Å²) in [5.74, 6) is -1.30. The van der Waals surface area contributed by atoms with Crippen LogP contribution in [0.4, 0.5) is 0 Å². The van der Waals surface area contributed by atoms with Crippen LogP contribution < -0.4 is 0 Å². The number of carboxylic acid groups (broad SMARTS) is 1. The van der Waals surface area contributed by atoms with Crippen molar-refractivity contribution in [2.24, 2.45) is 11.3 Å². The van der Waals surface area contributed by atoms with Gasteiger partial charge in [-0.25, -0.2) is 0 Å². The summed E-state index contributed by atoms with van der Waals surface area (Å²) in [6.07, 6.45) is 3.56. The largest absolute Gasteiger partial charge is 0.480 e. The van der Waals surface area contributed by atoms with Gasteiger partial charge in [0.25, 0.3) is 0 Å². The highest BCUT2D eigenvalue weighted by Crippen LogP contribution is 2.41. The van der Waals surface area contributed by atoms with Crippen LogP contribution >= 0.6 is 0 Å². The van der Waals surface area contributed by atoms with Crippen molar-refractivity contribution in [1.29, 1.82) is 0 Å². The van der Waals surface area contributed by atoms with Crippen molar-refractivity contribution in [2.45, 2.75) is 39.0 Å². The van der Waals surface area contributed by atoms with Crippen molar-refractivity contribution >= 4 is 11.9 Å². The van der Waals surface area contributed by atoms with Crippen LogP contribution in [0, 0.1) is 11.3 Å². The third-order valence-corrected chi connectivity index (χ3v) is 3.42. The minimum absolute atomic E-state index is 0.328. The number of carbonyl (C=O) groups is 2. The highest BCUT2D eigenvalue weighted by Gasteiger charge is 2.50. The topological polar surface area (TPSA) is 63.6 Å². The molecule has 0 aromatic heterocycles. The Morgan fingerprint density at radius 3 is 2.67 bits per heavy atom. The molecule has 0 heterocycles. The summed E-state index contributed by atoms with van der Waals surface area (Å²) >= 11 is 0. The normalized spacial score (nSPS) is 30.9. The summed E-state index contributed by atoms with van der Waals surface area (Å²) in [4.78, 5) is 22.8. The summed E-state index contributed by atoms with van der Waals surface area (Å²) in [5, 5.41) is 9.20. The molecule has 0 saturated heterocycles. The summed E-state index contributed by atoms with van der Waals surface area (Å²) in [6, 6.07) is 0. The Morgan fingerprint density at radius 2 is 2.20 bits per heavy atom. The highest BCUT2D eigenvalue weighted by atomic mass is 16.5. The fourth-order valence-corrected chi connectivity index (χ4v) is 2.40. The van der Waals surface area contributed by atoms with Crippen molar-refractivity contribution in [2.75, 3.05) is 7.11 Å². The van der Waals surface area contributed by atoms with E-state index >= 15 is 0 Å². The molecule has 86 valence electrons. The van der Waals surface area contributed by atoms with Gasteiger partial charge >= 0.3 is 11.9 Å². The molecule has 0 amide bonds. The molecule has 2 unspecified atom stereocenters. The van der Waals surface area contributed by atoms with Gasteiger partial charge in [-0.2, -0.15) is 0 Å². The quantitative estimate of drug-likeness (QED) is 0.575. The Balaban J connectivity index is 2.90. The smallest absolute Gasteiger partial charge is 0.323 e. The number of carbonyl (C=O) groups excluding carboxylic acids is 1. The highest BCUT2D eigenvalue weighted by molar-refractivity contribution is 5.99. The van der Waals surface area contributed by atoms with Crippen molar-refractivity contribution in [3.63, 3.8) is 0 Å². The Bertz CT molecular complexity index is 261. The molecular formula is C11H18O4. The lowest BCUT2D eigenvalue weighted by Gasteiger charge is -2.34. The van der Waals surface area contributed by atoms with E-state index in [2.05, 4.69) is 4.74 Å². The first-order valence-corrected chi connectivity index (χ1v) is 5.38. The lowest BCUT2D eigenvalue weighted by atomic mass is 9.69. The van der Waals surface area contributed by atoms with Crippen LogP contribution in [0.15, 0.2) is 0 Å². The number of ether oxygens (including phenoxy) is 1. The summed E-state index contributed by atoms with van der Waals surface area (Å²) < 4.78 is 4.63. The summed E-state index contributed by atoms with van der Waals surface area (Å²) in [7, 11) is 1.25. The van der Waals surface area contributed by atoms with Gasteiger partial charge in [-0.05, 0) is 18.8 Å². The third-order valence-electron chi connectivity index (χ3n) is 3.42. The van der Waals surface area contributed by atoms with E-state index in [9.17, 15) is 14.7 Å². The predicted octanol–water partition coefficient (Wildman–Crippen LogP) is 1.83. The first-order valence-electron chi connectivity index (χ1n) is 5.38. The van der Waals surface area contributed by atoms with Gasteiger partial charge in [-0.1, -0.05) is 26.2 Å². The molecule has 1 rings (SSSR count). The molecule has 1 aliphatic rings. The van der Waals surface area contributed by atoms with Gasteiger partial charge in [0.05, 0.1) is 7.11 Å². The zero-order valence-corrected chi connectivity index (χ0v) is 9.28. The lowest BCUT2D eigenvalue weighted by molar-refractivity contribution is -0.171. The molecular weight excluding hydrogens is 196 g/mol. The Labute approximate surface area is 89.6 Å². The van der Waals surface area contributed by atoms with Crippen LogP contribution in [-0.4, -0.2) is 24.2 Å². The number of hydrogen-bond donors (Lipinski definition) is 1. The van der Waals surface area contributed by atoms with Crippen molar-refractivity contribution < 1.29 is 19.4 Å². The van der Waals surface area contributed by atoms with Crippen molar-refractivity contribution in [1.82, 2.24) is 0 Å². The van der Waals surface area contributed by atoms with E-state index in [0.29, 0.717) is 18.8 Å². The van der Waals surface area contributed by atoms with Crippen LogP contribution in [0.25, 0.3) is 0 Å². The lowest BCUT2D eigenvalue weighted by Crippen LogP contribution is -2.44. The fraction of sp³-hybridized carbons (Fsp3) is 0.818. The van der Waals surface area contributed by atoms with Gasteiger partial charge in [0.1, 0.15) is 0 Å². The fourth-order valence-electron chi connectivity index (χ4n) is 2.40. The second-order valence-corrected chi connectivity index (χ2v) is 4.25. The minimum atomic E-state index is -1.28. The van der Waals surface area contributed by atoms with Crippen LogP contribution in [0.2, 0.25) is 0 Å². The molecule has 0 aliphatic heterocycles. The molecule has 0 bridgehead atoms. The van der Waals surface area contributed by atoms with E-state index < -0.39 is 17.4 Å². The van der Waals surface area contributed by atoms with Gasteiger partial charge in [0.15, 0.2) is 5.41 Å². The standard InChI is InChI=1S/C11H18O4/c1-3-8-5-4-6-11(7-8,9(12)13)10(14)15-2/h8H,3-7H2,1-2H3,(H,12,13). The van der Waals surface area contributed by atoms with Crippen LogP contribution in [-0.2, 0) is 14.3 Å². The molecule has 1 saturated carbocycles.